The molecule has 0 radical (unpaired) electrons. The molecule has 4 nitrogen and oxygen atoms in total. The molecular formula is C14H17F2NO3. The normalized spacial score (nSPS) is 19.2. The highest BCUT2D eigenvalue weighted by molar-refractivity contribution is 5.67. The maximum Gasteiger partial charge on any atom is 0.435 e. The molecule has 1 saturated heterocycles. The molecule has 0 unspecified atom stereocenters. The second kappa shape index (κ2) is 5.36. The predicted molar refractivity (Wildman–Crippen MR) is 67.7 cm³/mol. The van der Waals surface area contributed by atoms with Gasteiger partial charge < -0.3 is 4.74 Å². The lowest BCUT2D eigenvalue weighted by molar-refractivity contribution is -0.125. The summed E-state index contributed by atoms with van der Waals surface area (Å²) in [7, 11) is 0. The van der Waals surface area contributed by atoms with Gasteiger partial charge in [-0.05, 0) is 38.5 Å². The van der Waals surface area contributed by atoms with Crippen LogP contribution in [0.2, 0.25) is 0 Å². The monoisotopic (exact) mass is 285 g/mol. The van der Waals surface area contributed by atoms with E-state index < -0.39 is 29.4 Å². The molecule has 6 heteroatoms. The number of hydrogen-bond donors (Lipinski definition) is 0. The number of halogens is 2. The summed E-state index contributed by atoms with van der Waals surface area (Å²) in [5, 5.41) is 1.04. The summed E-state index contributed by atoms with van der Waals surface area (Å²) in [5.74, 6) is -1.37. The van der Waals surface area contributed by atoms with Crippen LogP contribution in [0.5, 0.6) is 0 Å². The Kier molecular flexibility index (Phi) is 3.94. The van der Waals surface area contributed by atoms with Crippen LogP contribution in [-0.4, -0.2) is 23.4 Å². The van der Waals surface area contributed by atoms with Crippen LogP contribution in [0.3, 0.4) is 0 Å². The maximum absolute atomic E-state index is 13.3. The zero-order valence-corrected chi connectivity index (χ0v) is 11.7. The number of hydrogen-bond acceptors (Lipinski definition) is 3. The number of carbonyl (C=O) groups is 1. The summed E-state index contributed by atoms with van der Waals surface area (Å²) in [6.07, 6.45) is -0.202. The van der Waals surface area contributed by atoms with Gasteiger partial charge in [-0.1, -0.05) is 0 Å². The van der Waals surface area contributed by atoms with Crippen molar-refractivity contribution in [2.75, 3.05) is 6.61 Å². The summed E-state index contributed by atoms with van der Waals surface area (Å²) < 4.78 is 31.7. The van der Waals surface area contributed by atoms with E-state index in [0.717, 1.165) is 11.1 Å². The average Bonchev–Trinajstić information content (AvgIpc) is 2.73. The average molecular weight is 285 g/mol. The second-order valence-electron chi connectivity index (χ2n) is 5.65. The van der Waals surface area contributed by atoms with E-state index in [9.17, 15) is 13.6 Å². The first-order valence-corrected chi connectivity index (χ1v) is 6.37. The summed E-state index contributed by atoms with van der Waals surface area (Å²) in [6.45, 7) is 5.50. The van der Waals surface area contributed by atoms with E-state index in [1.54, 1.807) is 20.8 Å². The Morgan fingerprint density at radius 2 is 1.90 bits per heavy atom. The first-order chi connectivity index (χ1) is 9.26. The minimum atomic E-state index is -0.684. The van der Waals surface area contributed by atoms with Crippen LogP contribution in [0.25, 0.3) is 0 Å². The lowest BCUT2D eigenvalue weighted by Gasteiger charge is -2.27. The molecule has 0 bridgehead atoms. The first-order valence-electron chi connectivity index (χ1n) is 6.37. The van der Waals surface area contributed by atoms with Gasteiger partial charge in [0.15, 0.2) is 0 Å². The first kappa shape index (κ1) is 14.7. The van der Waals surface area contributed by atoms with Crippen molar-refractivity contribution in [3.05, 3.63) is 35.4 Å². The van der Waals surface area contributed by atoms with Crippen molar-refractivity contribution in [3.63, 3.8) is 0 Å². The van der Waals surface area contributed by atoms with Gasteiger partial charge in [-0.25, -0.2) is 13.6 Å². The molecule has 0 aliphatic carbocycles. The van der Waals surface area contributed by atoms with Gasteiger partial charge in [-0.3, -0.25) is 4.84 Å². The van der Waals surface area contributed by atoms with Gasteiger partial charge in [0.25, 0.3) is 0 Å². The molecule has 1 aromatic rings. The Morgan fingerprint density at radius 3 is 2.45 bits per heavy atom. The molecule has 1 aliphatic heterocycles. The lowest BCUT2D eigenvalue weighted by Crippen LogP contribution is -2.35. The van der Waals surface area contributed by atoms with Crippen molar-refractivity contribution in [3.8, 4) is 0 Å². The molecule has 0 aromatic heterocycles. The summed E-state index contributed by atoms with van der Waals surface area (Å²) in [4.78, 5) is 17.2. The fourth-order valence-corrected chi connectivity index (χ4v) is 2.03. The highest BCUT2D eigenvalue weighted by Gasteiger charge is 2.35. The smallest absolute Gasteiger partial charge is 0.435 e. The van der Waals surface area contributed by atoms with Gasteiger partial charge in [0, 0.05) is 12.5 Å². The summed E-state index contributed by atoms with van der Waals surface area (Å²) >= 11 is 0. The zero-order valence-electron chi connectivity index (χ0n) is 11.7. The van der Waals surface area contributed by atoms with Crippen molar-refractivity contribution in [1.82, 2.24) is 5.06 Å². The van der Waals surface area contributed by atoms with Crippen LogP contribution >= 0.6 is 0 Å². The highest BCUT2D eigenvalue weighted by Crippen LogP contribution is 2.32. The molecular weight excluding hydrogens is 268 g/mol. The van der Waals surface area contributed by atoms with Crippen molar-refractivity contribution in [2.24, 2.45) is 0 Å². The maximum atomic E-state index is 13.3. The van der Waals surface area contributed by atoms with Crippen LogP contribution < -0.4 is 0 Å². The van der Waals surface area contributed by atoms with E-state index in [0.29, 0.717) is 18.6 Å². The molecule has 1 amide bonds. The fourth-order valence-electron chi connectivity index (χ4n) is 2.03. The molecule has 2 rings (SSSR count). The quantitative estimate of drug-likeness (QED) is 0.791. The van der Waals surface area contributed by atoms with E-state index in [4.69, 9.17) is 9.57 Å². The molecule has 1 fully saturated rings. The molecule has 0 N–H and O–H groups in total. The molecule has 1 heterocycles. The van der Waals surface area contributed by atoms with Crippen LogP contribution in [0.15, 0.2) is 18.2 Å². The predicted octanol–water partition coefficient (Wildman–Crippen LogP) is 3.58. The van der Waals surface area contributed by atoms with Gasteiger partial charge in [0.05, 0.1) is 12.6 Å². The molecule has 110 valence electrons. The van der Waals surface area contributed by atoms with E-state index in [1.807, 2.05) is 0 Å². The minimum Gasteiger partial charge on any atom is -0.442 e. The molecule has 1 atom stereocenters. The third kappa shape index (κ3) is 3.45. The Hall–Kier alpha value is -1.69. The number of nitrogens with zero attached hydrogens (tertiary/aromatic N) is 1. The molecule has 0 spiro atoms. The summed E-state index contributed by atoms with van der Waals surface area (Å²) in [5.41, 5.74) is -0.313. The van der Waals surface area contributed by atoms with Gasteiger partial charge in [-0.15, -0.1) is 0 Å². The number of benzene rings is 1. The number of ether oxygens (including phenoxy) is 1. The molecule has 0 saturated carbocycles. The van der Waals surface area contributed by atoms with Crippen LogP contribution in [0, 0.1) is 11.6 Å². The number of rotatable bonds is 1. The largest absolute Gasteiger partial charge is 0.442 e. The minimum absolute atomic E-state index is 0.294. The van der Waals surface area contributed by atoms with Crippen molar-refractivity contribution < 1.29 is 23.1 Å². The van der Waals surface area contributed by atoms with E-state index in [-0.39, 0.29) is 0 Å². The lowest BCUT2D eigenvalue weighted by atomic mass is 10.0. The molecule has 1 aliphatic rings. The van der Waals surface area contributed by atoms with Crippen molar-refractivity contribution in [1.29, 1.82) is 0 Å². The fraction of sp³-hybridized carbons (Fsp3) is 0.500. The summed E-state index contributed by atoms with van der Waals surface area (Å²) in [6, 6.07) is 2.63. The van der Waals surface area contributed by atoms with Crippen molar-refractivity contribution >= 4 is 6.09 Å². The van der Waals surface area contributed by atoms with Gasteiger partial charge in [-0.2, -0.15) is 5.06 Å². The number of amides is 1. The SMILES string of the molecule is CC(C)(C)OC(=O)N1OCC[C@H]1c1cc(F)cc(F)c1. The third-order valence-corrected chi connectivity index (χ3v) is 2.75. The Balaban J connectivity index is 2.20. The van der Waals surface area contributed by atoms with E-state index in [1.165, 1.54) is 12.1 Å². The van der Waals surface area contributed by atoms with Gasteiger partial charge >= 0.3 is 6.09 Å². The van der Waals surface area contributed by atoms with Crippen LogP contribution in [0.4, 0.5) is 13.6 Å². The van der Waals surface area contributed by atoms with Crippen LogP contribution in [0.1, 0.15) is 38.8 Å². The molecule has 20 heavy (non-hydrogen) atoms. The van der Waals surface area contributed by atoms with Crippen molar-refractivity contribution in [2.45, 2.75) is 38.8 Å². The molecule has 1 aromatic carbocycles. The topological polar surface area (TPSA) is 38.8 Å². The number of carbonyl (C=O) groups excluding carboxylic acids is 1. The van der Waals surface area contributed by atoms with Crippen LogP contribution in [-0.2, 0) is 9.57 Å². The van der Waals surface area contributed by atoms with E-state index >= 15 is 0 Å². The Morgan fingerprint density at radius 1 is 1.30 bits per heavy atom. The second-order valence-corrected chi connectivity index (χ2v) is 5.65. The Labute approximate surface area is 116 Å². The third-order valence-electron chi connectivity index (χ3n) is 2.75. The van der Waals surface area contributed by atoms with Gasteiger partial charge in [0.1, 0.15) is 17.2 Å². The standard InChI is InChI=1S/C14H17F2NO3/c1-14(2,3)20-13(18)17-12(4-5-19-17)9-6-10(15)8-11(16)7-9/h6-8,12H,4-5H2,1-3H3/t12-/m0/s1. The number of hydroxylamine groups is 2. The van der Waals surface area contributed by atoms with Gasteiger partial charge in [0.2, 0.25) is 0 Å². The zero-order chi connectivity index (χ0) is 14.9. The Bertz CT molecular complexity index is 493. The highest BCUT2D eigenvalue weighted by atomic mass is 19.1. The van der Waals surface area contributed by atoms with E-state index in [2.05, 4.69) is 0 Å².